The van der Waals surface area contributed by atoms with Gasteiger partial charge in [0.1, 0.15) is 0 Å². The number of hydrogen-bond acceptors (Lipinski definition) is 7. The molecule has 1 unspecified atom stereocenters. The van der Waals surface area contributed by atoms with Gasteiger partial charge in [-0.3, -0.25) is 14.6 Å². The summed E-state index contributed by atoms with van der Waals surface area (Å²) in [5.41, 5.74) is 3.86. The molecule has 1 atom stereocenters. The van der Waals surface area contributed by atoms with Gasteiger partial charge in [-0.15, -0.1) is 11.3 Å². The van der Waals surface area contributed by atoms with Gasteiger partial charge in [0.05, 0.1) is 25.9 Å². The monoisotopic (exact) mass is 546 g/mol. The van der Waals surface area contributed by atoms with E-state index in [2.05, 4.69) is 69.0 Å². The average molecular weight is 548 g/mol. The number of fused-ring (bicyclic) bond motifs is 1. The zero-order valence-corrected chi connectivity index (χ0v) is 19.8. The van der Waals surface area contributed by atoms with Crippen molar-refractivity contribution >= 4 is 66.2 Å². The van der Waals surface area contributed by atoms with Gasteiger partial charge in [-0.1, -0.05) is 5.16 Å². The van der Waals surface area contributed by atoms with Crippen LogP contribution in [0, 0.1) is 0 Å². The summed E-state index contributed by atoms with van der Waals surface area (Å²) in [6.07, 6.45) is 0.506. The summed E-state index contributed by atoms with van der Waals surface area (Å²) in [6, 6.07) is 2.01. The van der Waals surface area contributed by atoms with Crippen LogP contribution in [0.4, 0.5) is 0 Å². The highest BCUT2D eigenvalue weighted by Gasteiger charge is 2.35. The summed E-state index contributed by atoms with van der Waals surface area (Å²) in [5, 5.41) is 20.2. The zero-order valence-electron chi connectivity index (χ0n) is 15.0. The standard InChI is InChI=1S/C18H20Br2N4O2S2/c19-17-15-12(7-13(22-26)16(15)18(20)28-17)21-14(25)9-24-4-2-23(3-5-24)8-11-1-6-27-10-11/h1,6,10,12,26H,2-5,7-9H2,(H,21,25). The van der Waals surface area contributed by atoms with Crippen LogP contribution < -0.4 is 5.32 Å². The molecule has 4 rings (SSSR count). The van der Waals surface area contributed by atoms with E-state index in [4.69, 9.17) is 0 Å². The van der Waals surface area contributed by atoms with Gasteiger partial charge >= 0.3 is 0 Å². The third-order valence-corrected chi connectivity index (χ3v) is 8.48. The maximum absolute atomic E-state index is 12.6. The average Bonchev–Trinajstić information content (AvgIpc) is 3.36. The van der Waals surface area contributed by atoms with Crippen LogP contribution in [-0.4, -0.2) is 59.3 Å². The van der Waals surface area contributed by atoms with Gasteiger partial charge in [-0.25, -0.2) is 0 Å². The fourth-order valence-corrected chi connectivity index (χ4v) is 7.81. The van der Waals surface area contributed by atoms with Crippen LogP contribution in [-0.2, 0) is 11.3 Å². The molecule has 150 valence electrons. The number of oxime groups is 1. The van der Waals surface area contributed by atoms with Crippen LogP contribution in [0.2, 0.25) is 0 Å². The first-order valence-electron chi connectivity index (χ1n) is 8.99. The number of piperazine rings is 1. The van der Waals surface area contributed by atoms with Crippen molar-refractivity contribution in [2.45, 2.75) is 19.0 Å². The topological polar surface area (TPSA) is 68.2 Å². The van der Waals surface area contributed by atoms with Crippen molar-refractivity contribution in [1.82, 2.24) is 15.1 Å². The summed E-state index contributed by atoms with van der Waals surface area (Å²) in [7, 11) is 0. The number of rotatable bonds is 5. The quantitative estimate of drug-likeness (QED) is 0.440. The second-order valence-electron chi connectivity index (χ2n) is 6.99. The van der Waals surface area contributed by atoms with E-state index < -0.39 is 0 Å². The first-order chi connectivity index (χ1) is 13.5. The van der Waals surface area contributed by atoms with Crippen molar-refractivity contribution < 1.29 is 10.0 Å². The lowest BCUT2D eigenvalue weighted by Crippen LogP contribution is -2.49. The molecule has 2 aromatic rings. The highest BCUT2D eigenvalue weighted by molar-refractivity contribution is 9.12. The Balaban J connectivity index is 1.30. The minimum absolute atomic E-state index is 0.00986. The van der Waals surface area contributed by atoms with Gasteiger partial charge in [0.2, 0.25) is 5.91 Å². The lowest BCUT2D eigenvalue weighted by atomic mass is 10.2. The third-order valence-electron chi connectivity index (χ3n) is 5.17. The Bertz CT molecular complexity index is 877. The Morgan fingerprint density at radius 3 is 2.68 bits per heavy atom. The van der Waals surface area contributed by atoms with Gasteiger partial charge in [0.15, 0.2) is 0 Å². The molecule has 1 aliphatic heterocycles. The van der Waals surface area contributed by atoms with Crippen molar-refractivity contribution in [3.8, 4) is 0 Å². The number of carbonyl (C=O) groups excluding carboxylic acids is 1. The number of halogens is 2. The molecular weight excluding hydrogens is 528 g/mol. The smallest absolute Gasteiger partial charge is 0.234 e. The fraction of sp³-hybridized carbons (Fsp3) is 0.444. The molecule has 0 spiro atoms. The molecule has 0 aromatic carbocycles. The Labute approximate surface area is 188 Å². The Morgan fingerprint density at radius 2 is 2.00 bits per heavy atom. The Morgan fingerprint density at radius 1 is 1.25 bits per heavy atom. The van der Waals surface area contributed by atoms with E-state index in [-0.39, 0.29) is 11.9 Å². The molecule has 6 nitrogen and oxygen atoms in total. The van der Waals surface area contributed by atoms with Gasteiger partial charge < -0.3 is 10.5 Å². The molecule has 3 heterocycles. The molecule has 2 aliphatic rings. The lowest BCUT2D eigenvalue weighted by molar-refractivity contribution is -0.123. The van der Waals surface area contributed by atoms with E-state index in [0.717, 1.165) is 51.4 Å². The molecule has 0 radical (unpaired) electrons. The van der Waals surface area contributed by atoms with E-state index in [1.807, 2.05) is 0 Å². The largest absolute Gasteiger partial charge is 0.411 e. The second kappa shape index (κ2) is 8.93. The first kappa shape index (κ1) is 20.5. The molecule has 1 amide bonds. The molecule has 2 N–H and O–H groups in total. The van der Waals surface area contributed by atoms with Crippen molar-refractivity contribution in [2.75, 3.05) is 32.7 Å². The van der Waals surface area contributed by atoms with Crippen LogP contribution in [0.15, 0.2) is 29.6 Å². The van der Waals surface area contributed by atoms with E-state index >= 15 is 0 Å². The SMILES string of the molecule is O=C(CN1CCN(Cc2ccsc2)CC1)NC1CC(=NO)c2c(Br)sc(Br)c21. The highest BCUT2D eigenvalue weighted by Crippen LogP contribution is 2.46. The van der Waals surface area contributed by atoms with Crippen molar-refractivity contribution in [3.63, 3.8) is 0 Å². The molecule has 0 bridgehead atoms. The van der Waals surface area contributed by atoms with Gasteiger partial charge in [0.25, 0.3) is 0 Å². The number of thiophene rings is 2. The molecule has 2 aromatic heterocycles. The van der Waals surface area contributed by atoms with Crippen molar-refractivity contribution in [1.29, 1.82) is 0 Å². The molecule has 1 aliphatic carbocycles. The maximum atomic E-state index is 12.6. The van der Waals surface area contributed by atoms with Crippen LogP contribution in [0.3, 0.4) is 0 Å². The first-order valence-corrected chi connectivity index (χ1v) is 12.3. The zero-order chi connectivity index (χ0) is 19.7. The normalized spacial score (nSPS) is 21.9. The number of hydrogen-bond donors (Lipinski definition) is 2. The minimum atomic E-state index is -0.162. The summed E-state index contributed by atoms with van der Waals surface area (Å²) in [6.45, 7) is 5.11. The summed E-state index contributed by atoms with van der Waals surface area (Å²) >= 11 is 10.4. The van der Waals surface area contributed by atoms with E-state index in [9.17, 15) is 10.0 Å². The molecule has 1 fully saturated rings. The number of nitrogens with zero attached hydrogens (tertiary/aromatic N) is 3. The maximum Gasteiger partial charge on any atom is 0.234 e. The minimum Gasteiger partial charge on any atom is -0.411 e. The fourth-order valence-electron chi connectivity index (χ4n) is 3.77. The van der Waals surface area contributed by atoms with E-state index in [1.165, 1.54) is 16.9 Å². The van der Waals surface area contributed by atoms with Crippen LogP contribution in [0.1, 0.15) is 29.2 Å². The van der Waals surface area contributed by atoms with Gasteiger partial charge in [0, 0.05) is 50.3 Å². The van der Waals surface area contributed by atoms with Crippen LogP contribution in [0.5, 0.6) is 0 Å². The van der Waals surface area contributed by atoms with E-state index in [1.54, 1.807) is 11.3 Å². The number of carbonyl (C=O) groups is 1. The van der Waals surface area contributed by atoms with Crippen molar-refractivity contribution in [2.24, 2.45) is 5.16 Å². The summed E-state index contributed by atoms with van der Waals surface area (Å²) in [4.78, 5) is 17.3. The summed E-state index contributed by atoms with van der Waals surface area (Å²) < 4.78 is 1.88. The van der Waals surface area contributed by atoms with Crippen molar-refractivity contribution in [3.05, 3.63) is 41.1 Å². The Kier molecular flexibility index (Phi) is 6.53. The summed E-state index contributed by atoms with van der Waals surface area (Å²) in [5.74, 6) is 0.00986. The van der Waals surface area contributed by atoms with Crippen LogP contribution in [0.25, 0.3) is 0 Å². The Hall–Kier alpha value is -0.780. The molecular formula is C18H20Br2N4O2S2. The lowest BCUT2D eigenvalue weighted by Gasteiger charge is -2.34. The number of amides is 1. The molecule has 28 heavy (non-hydrogen) atoms. The van der Waals surface area contributed by atoms with Gasteiger partial charge in [-0.05, 0) is 54.2 Å². The van der Waals surface area contributed by atoms with Crippen LogP contribution >= 0.6 is 54.5 Å². The second-order valence-corrected chi connectivity index (χ2v) is 11.4. The molecule has 10 heteroatoms. The predicted octanol–water partition coefficient (Wildman–Crippen LogP) is 3.89. The predicted molar refractivity (Wildman–Crippen MR) is 120 cm³/mol. The number of nitrogens with one attached hydrogen (secondary N) is 1. The third kappa shape index (κ3) is 4.36. The van der Waals surface area contributed by atoms with E-state index in [0.29, 0.717) is 18.7 Å². The molecule has 0 saturated carbocycles. The highest BCUT2D eigenvalue weighted by atomic mass is 79.9. The van der Waals surface area contributed by atoms with Gasteiger partial charge in [-0.2, -0.15) is 11.3 Å². The molecule has 1 saturated heterocycles.